The molecule has 3 rings (SSSR count). The van der Waals surface area contributed by atoms with Crippen LogP contribution in [0, 0.1) is 12.8 Å². The average Bonchev–Trinajstić information content (AvgIpc) is 3.15. The van der Waals surface area contributed by atoms with Crippen molar-refractivity contribution >= 4 is 12.1 Å². The van der Waals surface area contributed by atoms with Gasteiger partial charge in [0.1, 0.15) is 17.1 Å². The number of hydrogen-bond donors (Lipinski definition) is 1. The summed E-state index contributed by atoms with van der Waals surface area (Å²) in [5, 5.41) is 3.96. The lowest BCUT2D eigenvalue weighted by Gasteiger charge is -2.17. The molecule has 5 nitrogen and oxygen atoms in total. The van der Waals surface area contributed by atoms with Crippen molar-refractivity contribution in [3.05, 3.63) is 59.5 Å². The molecule has 120 valence electrons. The molecule has 1 heterocycles. The number of carbonyl (C=O) groups excluding carboxylic acids is 1. The van der Waals surface area contributed by atoms with Crippen molar-refractivity contribution in [2.75, 3.05) is 6.61 Å². The highest BCUT2D eigenvalue weighted by atomic mass is 16.5. The van der Waals surface area contributed by atoms with Gasteiger partial charge < -0.3 is 9.15 Å². The highest BCUT2D eigenvalue weighted by Crippen LogP contribution is 2.55. The van der Waals surface area contributed by atoms with Crippen LogP contribution in [0.5, 0.6) is 0 Å². The van der Waals surface area contributed by atoms with Crippen LogP contribution in [0.1, 0.15) is 30.4 Å². The molecule has 0 unspecified atom stereocenters. The van der Waals surface area contributed by atoms with Crippen LogP contribution in [0.3, 0.4) is 0 Å². The predicted molar refractivity (Wildman–Crippen MR) is 87.0 cm³/mol. The van der Waals surface area contributed by atoms with Crippen LogP contribution in [0.4, 0.5) is 0 Å². The van der Waals surface area contributed by atoms with Crippen LogP contribution in [-0.2, 0) is 15.1 Å². The number of rotatable bonds is 6. The fraction of sp³-hybridized carbons (Fsp3) is 0.333. The number of nitrogens with zero attached hydrogens (tertiary/aromatic N) is 1. The molecule has 2 aromatic rings. The van der Waals surface area contributed by atoms with Gasteiger partial charge in [0.2, 0.25) is 5.91 Å². The zero-order chi connectivity index (χ0) is 16.3. The summed E-state index contributed by atoms with van der Waals surface area (Å²) in [5.41, 5.74) is 3.09. The van der Waals surface area contributed by atoms with Crippen LogP contribution >= 0.6 is 0 Å². The summed E-state index contributed by atoms with van der Waals surface area (Å²) in [7, 11) is 0. The Bertz CT molecular complexity index is 708. The van der Waals surface area contributed by atoms with Crippen LogP contribution < -0.4 is 5.43 Å². The van der Waals surface area contributed by atoms with E-state index < -0.39 is 5.60 Å². The van der Waals surface area contributed by atoms with Crippen molar-refractivity contribution in [3.63, 3.8) is 0 Å². The number of amides is 1. The maximum atomic E-state index is 12.3. The molecule has 1 amide bonds. The number of carbonyl (C=O) groups is 1. The second-order valence-corrected chi connectivity index (χ2v) is 5.63. The van der Waals surface area contributed by atoms with Gasteiger partial charge in [-0.05, 0) is 38.0 Å². The molecule has 2 atom stereocenters. The van der Waals surface area contributed by atoms with Gasteiger partial charge in [-0.25, -0.2) is 5.43 Å². The Hall–Kier alpha value is -2.40. The Labute approximate surface area is 135 Å². The topological polar surface area (TPSA) is 63.8 Å². The van der Waals surface area contributed by atoms with E-state index in [4.69, 9.17) is 9.15 Å². The lowest BCUT2D eigenvalue weighted by molar-refractivity contribution is -0.124. The highest BCUT2D eigenvalue weighted by molar-refractivity contribution is 5.85. The summed E-state index contributed by atoms with van der Waals surface area (Å²) in [6.07, 6.45) is 2.17. The third-order valence-corrected chi connectivity index (χ3v) is 4.02. The molecule has 1 aliphatic rings. The molecule has 1 aliphatic carbocycles. The quantitative estimate of drug-likeness (QED) is 0.659. The molecule has 0 spiro atoms. The van der Waals surface area contributed by atoms with Crippen molar-refractivity contribution < 1.29 is 13.9 Å². The van der Waals surface area contributed by atoms with Crippen LogP contribution in [0.25, 0.3) is 0 Å². The number of aryl methyl sites for hydroxylation is 1. The molecule has 23 heavy (non-hydrogen) atoms. The lowest BCUT2D eigenvalue weighted by atomic mass is 10.1. The first-order chi connectivity index (χ1) is 11.2. The zero-order valence-electron chi connectivity index (χ0n) is 13.3. The van der Waals surface area contributed by atoms with E-state index in [2.05, 4.69) is 10.5 Å². The minimum atomic E-state index is -0.517. The average molecular weight is 312 g/mol. The van der Waals surface area contributed by atoms with Crippen LogP contribution in [0.2, 0.25) is 0 Å². The van der Waals surface area contributed by atoms with Crippen molar-refractivity contribution in [2.45, 2.75) is 25.9 Å². The van der Waals surface area contributed by atoms with E-state index in [0.717, 1.165) is 11.3 Å². The first-order valence-corrected chi connectivity index (χ1v) is 7.74. The van der Waals surface area contributed by atoms with E-state index in [-0.39, 0.29) is 11.8 Å². The van der Waals surface area contributed by atoms with Gasteiger partial charge in [0, 0.05) is 6.61 Å². The first kappa shape index (κ1) is 15.5. The minimum absolute atomic E-state index is 0.137. The number of benzene rings is 1. The van der Waals surface area contributed by atoms with Crippen molar-refractivity contribution in [1.82, 2.24) is 5.43 Å². The van der Waals surface area contributed by atoms with E-state index in [1.165, 1.54) is 6.21 Å². The van der Waals surface area contributed by atoms with Crippen molar-refractivity contribution in [3.8, 4) is 0 Å². The number of hydrogen-bond acceptors (Lipinski definition) is 4. The maximum Gasteiger partial charge on any atom is 0.246 e. The van der Waals surface area contributed by atoms with E-state index >= 15 is 0 Å². The van der Waals surface area contributed by atoms with E-state index in [1.807, 2.05) is 50.2 Å². The van der Waals surface area contributed by atoms with E-state index in [0.29, 0.717) is 18.8 Å². The van der Waals surface area contributed by atoms with Gasteiger partial charge in [0.15, 0.2) is 0 Å². The zero-order valence-corrected chi connectivity index (χ0v) is 13.3. The Balaban J connectivity index is 1.65. The molecule has 1 aromatic heterocycles. The molecule has 0 bridgehead atoms. The smallest absolute Gasteiger partial charge is 0.246 e. The summed E-state index contributed by atoms with van der Waals surface area (Å²) in [5.74, 6) is 1.05. The van der Waals surface area contributed by atoms with Crippen LogP contribution in [0.15, 0.2) is 52.0 Å². The fourth-order valence-corrected chi connectivity index (χ4v) is 2.85. The largest absolute Gasteiger partial charge is 0.460 e. The number of ether oxygens (including phenoxy) is 1. The first-order valence-electron chi connectivity index (χ1n) is 7.74. The van der Waals surface area contributed by atoms with Gasteiger partial charge in [-0.3, -0.25) is 4.79 Å². The fourth-order valence-electron chi connectivity index (χ4n) is 2.85. The second kappa shape index (κ2) is 6.38. The van der Waals surface area contributed by atoms with Gasteiger partial charge in [-0.2, -0.15) is 5.10 Å². The molecule has 5 heteroatoms. The molecule has 0 radical (unpaired) electrons. The van der Waals surface area contributed by atoms with Gasteiger partial charge in [0.05, 0.1) is 12.1 Å². The summed E-state index contributed by atoms with van der Waals surface area (Å²) in [6, 6.07) is 13.5. The SMILES string of the molecule is CCO[C@]1(c2ccccc2)C[C@@H]1C(=O)N/N=C\c1ccc(C)o1. The third kappa shape index (κ3) is 3.19. The summed E-state index contributed by atoms with van der Waals surface area (Å²) < 4.78 is 11.3. The minimum Gasteiger partial charge on any atom is -0.460 e. The second-order valence-electron chi connectivity index (χ2n) is 5.63. The van der Waals surface area contributed by atoms with Crippen molar-refractivity contribution in [1.29, 1.82) is 0 Å². The monoisotopic (exact) mass is 312 g/mol. The lowest BCUT2D eigenvalue weighted by Crippen LogP contribution is -2.26. The van der Waals surface area contributed by atoms with E-state index in [1.54, 1.807) is 6.07 Å². The maximum absolute atomic E-state index is 12.3. The van der Waals surface area contributed by atoms with Crippen LogP contribution in [-0.4, -0.2) is 18.7 Å². The molecule has 0 aliphatic heterocycles. The van der Waals surface area contributed by atoms with E-state index in [9.17, 15) is 4.79 Å². The summed E-state index contributed by atoms with van der Waals surface area (Å²) in [4.78, 5) is 12.3. The number of nitrogens with one attached hydrogen (secondary N) is 1. The van der Waals surface area contributed by atoms with Gasteiger partial charge in [0.25, 0.3) is 0 Å². The Morgan fingerprint density at radius 3 is 2.83 bits per heavy atom. The molecule has 1 aromatic carbocycles. The number of furan rings is 1. The Morgan fingerprint density at radius 2 is 2.17 bits per heavy atom. The molecule has 1 saturated carbocycles. The van der Waals surface area contributed by atoms with Gasteiger partial charge >= 0.3 is 0 Å². The highest BCUT2D eigenvalue weighted by Gasteiger charge is 2.60. The Kier molecular flexibility index (Phi) is 4.30. The van der Waals surface area contributed by atoms with Gasteiger partial charge in [-0.15, -0.1) is 0 Å². The Morgan fingerprint density at radius 1 is 1.39 bits per heavy atom. The molecule has 1 fully saturated rings. The van der Waals surface area contributed by atoms with Crippen molar-refractivity contribution in [2.24, 2.45) is 11.0 Å². The summed E-state index contributed by atoms with van der Waals surface area (Å²) >= 11 is 0. The molecular formula is C18H20N2O3. The predicted octanol–water partition coefficient (Wildman–Crippen LogP) is 2.99. The molecule has 0 saturated heterocycles. The normalized spacial score (nSPS) is 23.1. The molecular weight excluding hydrogens is 292 g/mol. The third-order valence-electron chi connectivity index (χ3n) is 4.02. The summed E-state index contributed by atoms with van der Waals surface area (Å²) in [6.45, 7) is 4.36. The number of hydrazone groups is 1. The molecule has 1 N–H and O–H groups in total. The van der Waals surface area contributed by atoms with Gasteiger partial charge in [-0.1, -0.05) is 30.3 Å². The standard InChI is InChI=1S/C18H20N2O3/c1-3-22-18(14-7-5-4-6-8-14)11-16(18)17(21)20-19-12-15-10-9-13(2)23-15/h4-10,12,16H,3,11H2,1-2H3,(H,20,21)/b19-12-/t16-,18+/m1/s1.